The molecule has 0 bridgehead atoms. The van der Waals surface area contributed by atoms with Crippen LogP contribution in [0.4, 0.5) is 10.2 Å². The van der Waals surface area contributed by atoms with Gasteiger partial charge in [0.25, 0.3) is 5.91 Å². The van der Waals surface area contributed by atoms with E-state index in [1.54, 1.807) is 31.2 Å². The van der Waals surface area contributed by atoms with Gasteiger partial charge >= 0.3 is 0 Å². The third kappa shape index (κ3) is 4.58. The maximum Gasteiger partial charge on any atom is 0.256 e. The van der Waals surface area contributed by atoms with Crippen LogP contribution in [0.25, 0.3) is 11.0 Å². The Morgan fingerprint density at radius 2 is 2.00 bits per heavy atom. The molecule has 0 aromatic carbocycles. The van der Waals surface area contributed by atoms with Gasteiger partial charge in [-0.3, -0.25) is 9.78 Å². The fourth-order valence-corrected chi connectivity index (χ4v) is 3.72. The first-order chi connectivity index (χ1) is 15.3. The summed E-state index contributed by atoms with van der Waals surface area (Å²) in [4.78, 5) is 27.7. The van der Waals surface area contributed by atoms with Gasteiger partial charge in [-0.25, -0.2) is 14.4 Å². The largest absolute Gasteiger partial charge is 0.383 e. The second kappa shape index (κ2) is 9.21. The maximum atomic E-state index is 14.5. The van der Waals surface area contributed by atoms with Gasteiger partial charge in [0, 0.05) is 17.8 Å². The molecule has 0 radical (unpaired) electrons. The second-order valence-corrected chi connectivity index (χ2v) is 8.62. The summed E-state index contributed by atoms with van der Waals surface area (Å²) in [5, 5.41) is 8.72. The molecule has 1 amide bonds. The zero-order valence-corrected chi connectivity index (χ0v) is 19.9. The third-order valence-corrected chi connectivity index (χ3v) is 5.88. The van der Waals surface area contributed by atoms with Crippen LogP contribution in [0.2, 0.25) is 0 Å². The zero-order chi connectivity index (χ0) is 22.8. The zero-order valence-electron chi connectivity index (χ0n) is 16.7. The summed E-state index contributed by atoms with van der Waals surface area (Å²) in [6.45, 7) is 1.81. The molecule has 1 atom stereocenters. The molecule has 0 aliphatic rings. The number of rotatable bonds is 5. The van der Waals surface area contributed by atoms with E-state index in [2.05, 4.69) is 57.0 Å². The van der Waals surface area contributed by atoms with Crippen LogP contribution >= 0.6 is 31.9 Å². The predicted octanol–water partition coefficient (Wildman–Crippen LogP) is 4.46. The van der Waals surface area contributed by atoms with Crippen LogP contribution < -0.4 is 5.73 Å². The van der Waals surface area contributed by atoms with Gasteiger partial charge in [0.1, 0.15) is 16.2 Å². The van der Waals surface area contributed by atoms with Crippen molar-refractivity contribution in [2.45, 2.75) is 19.5 Å². The van der Waals surface area contributed by atoms with Gasteiger partial charge in [0.2, 0.25) is 0 Å². The molecule has 0 aliphatic heterocycles. The van der Waals surface area contributed by atoms with Crippen LogP contribution in [0, 0.1) is 5.82 Å². The number of halogens is 3. The van der Waals surface area contributed by atoms with E-state index in [0.29, 0.717) is 37.2 Å². The number of nitrogens with zero attached hydrogens (tertiary/aromatic N) is 6. The Bertz CT molecular complexity index is 1300. The third-order valence-electron chi connectivity index (χ3n) is 4.83. The van der Waals surface area contributed by atoms with E-state index in [4.69, 9.17) is 5.73 Å². The molecular weight excluding hydrogens is 545 g/mol. The summed E-state index contributed by atoms with van der Waals surface area (Å²) < 4.78 is 15.6. The molecule has 0 saturated heterocycles. The van der Waals surface area contributed by atoms with E-state index in [1.165, 1.54) is 29.4 Å². The summed E-state index contributed by atoms with van der Waals surface area (Å²) in [7, 11) is 0. The van der Waals surface area contributed by atoms with E-state index in [1.807, 2.05) is 0 Å². The van der Waals surface area contributed by atoms with Gasteiger partial charge in [-0.15, -0.1) is 5.10 Å². The van der Waals surface area contributed by atoms with E-state index >= 15 is 0 Å². The molecule has 4 rings (SSSR count). The Hall–Kier alpha value is -3.05. The standard InChI is InChI=1S/C21H16Br2FN7O/c1-11(18-16(24)3-2-6-26-18)31(10-14-4-5-17(23)30-29-14)21(32)13-7-12-8-15(22)19(25)28-20(12)27-9-13/h2-9,11H,10H2,1H3,(H2,25,27,28). The summed E-state index contributed by atoms with van der Waals surface area (Å²) in [5.41, 5.74) is 7.23. The first-order valence-corrected chi connectivity index (χ1v) is 11.0. The highest BCUT2D eigenvalue weighted by Gasteiger charge is 2.27. The molecule has 4 heterocycles. The molecule has 162 valence electrons. The number of carbonyl (C=O) groups is 1. The quantitative estimate of drug-likeness (QED) is 0.383. The maximum absolute atomic E-state index is 14.5. The van der Waals surface area contributed by atoms with Crippen LogP contribution in [0.3, 0.4) is 0 Å². The Kier molecular flexibility index (Phi) is 6.38. The number of hydrogen-bond acceptors (Lipinski definition) is 7. The number of carbonyl (C=O) groups excluding carboxylic acids is 1. The Morgan fingerprint density at radius 3 is 2.72 bits per heavy atom. The summed E-state index contributed by atoms with van der Waals surface area (Å²) >= 11 is 6.58. The molecule has 0 saturated carbocycles. The van der Waals surface area contributed by atoms with Gasteiger partial charge in [-0.1, -0.05) is 0 Å². The van der Waals surface area contributed by atoms with Gasteiger partial charge in [0.15, 0.2) is 5.65 Å². The molecule has 0 aliphatic carbocycles. The number of nitrogen functional groups attached to an aromatic ring is 1. The molecule has 2 N–H and O–H groups in total. The Labute approximate surface area is 199 Å². The van der Waals surface area contributed by atoms with E-state index in [-0.39, 0.29) is 18.1 Å². The minimum absolute atomic E-state index is 0.0953. The summed E-state index contributed by atoms with van der Waals surface area (Å²) in [6, 6.07) is 9.01. The number of anilines is 1. The molecule has 11 heteroatoms. The topological polar surface area (TPSA) is 111 Å². The highest BCUT2D eigenvalue weighted by Crippen LogP contribution is 2.27. The average Bonchev–Trinajstić information content (AvgIpc) is 2.78. The van der Waals surface area contributed by atoms with Gasteiger partial charge < -0.3 is 10.6 Å². The lowest BCUT2D eigenvalue weighted by Gasteiger charge is -2.29. The second-order valence-electron chi connectivity index (χ2n) is 6.95. The number of nitrogens with two attached hydrogens (primary N) is 1. The highest BCUT2D eigenvalue weighted by atomic mass is 79.9. The van der Waals surface area contributed by atoms with E-state index in [0.717, 1.165) is 0 Å². The molecule has 0 spiro atoms. The van der Waals surface area contributed by atoms with Gasteiger partial charge in [-0.05, 0) is 75.2 Å². The number of fused-ring (bicyclic) bond motifs is 1. The van der Waals surface area contributed by atoms with Crippen molar-refractivity contribution in [3.05, 3.63) is 80.6 Å². The Balaban J connectivity index is 1.75. The number of amides is 1. The molecule has 32 heavy (non-hydrogen) atoms. The van der Waals surface area contributed by atoms with Crippen molar-refractivity contribution in [2.75, 3.05) is 5.73 Å². The van der Waals surface area contributed by atoms with Crippen LogP contribution in [0.5, 0.6) is 0 Å². The van der Waals surface area contributed by atoms with Crippen molar-refractivity contribution >= 4 is 54.6 Å². The normalized spacial score (nSPS) is 12.0. The minimum atomic E-state index is -0.680. The van der Waals surface area contributed by atoms with E-state index in [9.17, 15) is 9.18 Å². The first-order valence-electron chi connectivity index (χ1n) is 9.44. The lowest BCUT2D eigenvalue weighted by Crippen LogP contribution is -2.34. The summed E-state index contributed by atoms with van der Waals surface area (Å²) in [6.07, 6.45) is 2.91. The SMILES string of the molecule is CC(c1ncccc1F)N(Cc1ccc(Br)nn1)C(=O)c1cnc2nc(N)c(Br)cc2c1. The summed E-state index contributed by atoms with van der Waals surface area (Å²) in [5.74, 6) is -0.562. The predicted molar refractivity (Wildman–Crippen MR) is 124 cm³/mol. The smallest absolute Gasteiger partial charge is 0.256 e. The van der Waals surface area contributed by atoms with Gasteiger partial charge in [-0.2, -0.15) is 5.10 Å². The van der Waals surface area contributed by atoms with Gasteiger partial charge in [0.05, 0.1) is 34.0 Å². The lowest BCUT2D eigenvalue weighted by molar-refractivity contribution is 0.0663. The van der Waals surface area contributed by atoms with Crippen molar-refractivity contribution in [1.82, 2.24) is 30.0 Å². The number of aromatic nitrogens is 5. The fourth-order valence-electron chi connectivity index (χ4n) is 3.17. The Morgan fingerprint density at radius 1 is 1.19 bits per heavy atom. The van der Waals surface area contributed by atoms with Crippen LogP contribution in [0.15, 0.2) is 57.9 Å². The van der Waals surface area contributed by atoms with Crippen molar-refractivity contribution in [1.29, 1.82) is 0 Å². The lowest BCUT2D eigenvalue weighted by atomic mass is 10.1. The van der Waals surface area contributed by atoms with Crippen molar-refractivity contribution < 1.29 is 9.18 Å². The van der Waals surface area contributed by atoms with Crippen LogP contribution in [-0.2, 0) is 6.54 Å². The molecular formula is C21H16Br2FN7O. The van der Waals surface area contributed by atoms with Crippen molar-refractivity contribution in [3.8, 4) is 0 Å². The van der Waals surface area contributed by atoms with Crippen LogP contribution in [0.1, 0.15) is 34.7 Å². The molecule has 0 fully saturated rings. The molecule has 4 aromatic heterocycles. The average molecular weight is 561 g/mol. The van der Waals surface area contributed by atoms with Crippen molar-refractivity contribution in [3.63, 3.8) is 0 Å². The number of hydrogen-bond donors (Lipinski definition) is 1. The monoisotopic (exact) mass is 559 g/mol. The number of pyridine rings is 3. The molecule has 1 unspecified atom stereocenters. The molecule has 8 nitrogen and oxygen atoms in total. The van der Waals surface area contributed by atoms with E-state index < -0.39 is 11.9 Å². The van der Waals surface area contributed by atoms with Crippen LogP contribution in [-0.4, -0.2) is 36.0 Å². The minimum Gasteiger partial charge on any atom is -0.383 e. The molecule has 4 aromatic rings. The first kappa shape index (κ1) is 22.2. The fraction of sp³-hybridized carbons (Fsp3) is 0.143. The highest BCUT2D eigenvalue weighted by molar-refractivity contribution is 9.10. The van der Waals surface area contributed by atoms with Crippen molar-refractivity contribution in [2.24, 2.45) is 0 Å².